The molecule has 0 rings (SSSR count). The van der Waals surface area contributed by atoms with E-state index in [0.717, 1.165) is 13.2 Å². The number of ether oxygens (including phenoxy) is 2. The summed E-state index contributed by atoms with van der Waals surface area (Å²) < 4.78 is 10.2. The van der Waals surface area contributed by atoms with Crippen LogP contribution in [0.2, 0.25) is 0 Å². The minimum atomic E-state index is 0.621. The van der Waals surface area contributed by atoms with E-state index in [9.17, 15) is 0 Å². The Hall–Kier alpha value is 0.230. The van der Waals surface area contributed by atoms with Crippen LogP contribution in [-0.2, 0) is 9.47 Å². The van der Waals surface area contributed by atoms with E-state index < -0.39 is 0 Å². The predicted molar refractivity (Wildman–Crippen MR) is 63.2 cm³/mol. The Morgan fingerprint density at radius 2 is 2.07 bits per heavy atom. The molecule has 0 radical (unpaired) electrons. The lowest BCUT2D eigenvalue weighted by molar-refractivity contribution is 0.0712. The highest BCUT2D eigenvalue weighted by molar-refractivity contribution is 7.98. The smallest absolute Gasteiger partial charge is 0.0700 e. The van der Waals surface area contributed by atoms with E-state index in [2.05, 4.69) is 18.5 Å². The Morgan fingerprint density at radius 1 is 1.29 bits per heavy atom. The number of nitrogens with one attached hydrogen (secondary N) is 1. The van der Waals surface area contributed by atoms with E-state index in [1.54, 1.807) is 7.11 Å². The van der Waals surface area contributed by atoms with Crippen LogP contribution in [0.15, 0.2) is 0 Å². The van der Waals surface area contributed by atoms with Gasteiger partial charge in [-0.05, 0) is 12.7 Å². The van der Waals surface area contributed by atoms with E-state index in [4.69, 9.17) is 9.47 Å². The molecule has 1 atom stereocenters. The summed E-state index contributed by atoms with van der Waals surface area (Å²) >= 11 is 1.88. The first-order valence-corrected chi connectivity index (χ1v) is 6.53. The van der Waals surface area contributed by atoms with Crippen LogP contribution in [-0.4, -0.2) is 51.5 Å². The zero-order valence-corrected chi connectivity index (χ0v) is 10.4. The van der Waals surface area contributed by atoms with Crippen molar-refractivity contribution < 1.29 is 9.47 Å². The first-order chi connectivity index (χ1) is 6.85. The van der Waals surface area contributed by atoms with Crippen molar-refractivity contribution in [3.8, 4) is 0 Å². The van der Waals surface area contributed by atoms with Crippen LogP contribution >= 0.6 is 11.8 Å². The fourth-order valence-electron chi connectivity index (χ4n) is 1.10. The van der Waals surface area contributed by atoms with Gasteiger partial charge in [0.05, 0.1) is 19.8 Å². The molecule has 86 valence electrons. The highest BCUT2D eigenvalue weighted by atomic mass is 32.2. The summed E-state index contributed by atoms with van der Waals surface area (Å²) in [4.78, 5) is 0. The van der Waals surface area contributed by atoms with E-state index in [1.807, 2.05) is 11.8 Å². The van der Waals surface area contributed by atoms with Crippen LogP contribution in [0.4, 0.5) is 0 Å². The molecule has 0 spiro atoms. The average molecular weight is 221 g/mol. The molecule has 3 nitrogen and oxygen atoms in total. The lowest BCUT2D eigenvalue weighted by Crippen LogP contribution is -2.33. The van der Waals surface area contributed by atoms with E-state index in [1.165, 1.54) is 12.2 Å². The number of hydrogen-bond acceptors (Lipinski definition) is 4. The highest BCUT2D eigenvalue weighted by Crippen LogP contribution is 2.00. The lowest BCUT2D eigenvalue weighted by Gasteiger charge is -2.15. The van der Waals surface area contributed by atoms with Gasteiger partial charge in [-0.2, -0.15) is 11.8 Å². The first-order valence-electron chi connectivity index (χ1n) is 5.14. The molecule has 0 saturated heterocycles. The van der Waals surface area contributed by atoms with Gasteiger partial charge < -0.3 is 14.8 Å². The fraction of sp³-hybridized carbons (Fsp3) is 1.00. The Bertz CT molecular complexity index is 114. The number of methoxy groups -OCH3 is 1. The maximum atomic E-state index is 5.35. The van der Waals surface area contributed by atoms with Gasteiger partial charge in [0, 0.05) is 25.4 Å². The summed E-state index contributed by atoms with van der Waals surface area (Å²) in [6.07, 6.45) is 3.32. The third-order valence-corrected chi connectivity index (χ3v) is 2.71. The molecule has 4 heteroatoms. The topological polar surface area (TPSA) is 30.5 Å². The summed E-state index contributed by atoms with van der Waals surface area (Å²) in [7, 11) is 1.69. The van der Waals surface area contributed by atoms with Gasteiger partial charge in [0.15, 0.2) is 0 Å². The van der Waals surface area contributed by atoms with Crippen LogP contribution in [0.1, 0.15) is 13.3 Å². The molecule has 14 heavy (non-hydrogen) atoms. The summed E-state index contributed by atoms with van der Waals surface area (Å²) in [5.41, 5.74) is 0. The summed E-state index contributed by atoms with van der Waals surface area (Å²) in [6, 6.07) is 0.621. The van der Waals surface area contributed by atoms with Crippen LogP contribution in [0.5, 0.6) is 0 Å². The quantitative estimate of drug-likeness (QED) is 0.565. The van der Waals surface area contributed by atoms with Gasteiger partial charge in [0.25, 0.3) is 0 Å². The Balaban J connectivity index is 3.15. The number of rotatable bonds is 10. The van der Waals surface area contributed by atoms with Crippen molar-refractivity contribution >= 4 is 11.8 Å². The lowest BCUT2D eigenvalue weighted by atomic mass is 10.2. The molecule has 0 aromatic heterocycles. The second kappa shape index (κ2) is 11.3. The van der Waals surface area contributed by atoms with Crippen molar-refractivity contribution in [2.24, 2.45) is 0 Å². The van der Waals surface area contributed by atoms with Crippen molar-refractivity contribution in [1.82, 2.24) is 5.32 Å². The summed E-state index contributed by atoms with van der Waals surface area (Å²) in [6.45, 7) is 5.29. The van der Waals surface area contributed by atoms with Gasteiger partial charge in [-0.25, -0.2) is 0 Å². The average Bonchev–Trinajstić information content (AvgIpc) is 2.21. The predicted octanol–water partition coefficient (Wildman–Crippen LogP) is 1.38. The van der Waals surface area contributed by atoms with Crippen LogP contribution in [0.3, 0.4) is 0 Å². The number of hydrogen-bond donors (Lipinski definition) is 1. The van der Waals surface area contributed by atoms with Crippen molar-refractivity contribution in [2.45, 2.75) is 19.4 Å². The van der Waals surface area contributed by atoms with E-state index in [0.29, 0.717) is 19.3 Å². The molecule has 0 amide bonds. The van der Waals surface area contributed by atoms with Gasteiger partial charge in [0.2, 0.25) is 0 Å². The zero-order valence-electron chi connectivity index (χ0n) is 9.54. The second-order valence-corrected chi connectivity index (χ2v) is 4.03. The SMILES string of the molecule is CCC(CSC)NCCOCCOC. The molecule has 0 bridgehead atoms. The van der Waals surface area contributed by atoms with Crippen LogP contribution < -0.4 is 5.32 Å². The molecule has 0 saturated carbocycles. The third-order valence-electron chi connectivity index (χ3n) is 1.97. The molecule has 0 aliphatic rings. The Kier molecular flexibility index (Phi) is 11.5. The van der Waals surface area contributed by atoms with Crippen molar-refractivity contribution in [2.75, 3.05) is 45.5 Å². The minimum Gasteiger partial charge on any atom is -0.382 e. The van der Waals surface area contributed by atoms with Crippen LogP contribution in [0, 0.1) is 0 Å². The molecule has 1 N–H and O–H groups in total. The maximum absolute atomic E-state index is 5.35. The number of thioether (sulfide) groups is 1. The molecule has 0 aromatic carbocycles. The normalized spacial score (nSPS) is 13.1. The molecule has 0 heterocycles. The van der Waals surface area contributed by atoms with Gasteiger partial charge in [-0.15, -0.1) is 0 Å². The van der Waals surface area contributed by atoms with Gasteiger partial charge in [0.1, 0.15) is 0 Å². The maximum Gasteiger partial charge on any atom is 0.0700 e. The van der Waals surface area contributed by atoms with Crippen molar-refractivity contribution in [3.63, 3.8) is 0 Å². The molecule has 0 aliphatic heterocycles. The monoisotopic (exact) mass is 221 g/mol. The third kappa shape index (κ3) is 8.81. The molecular formula is C10H23NO2S. The van der Waals surface area contributed by atoms with Crippen LogP contribution in [0.25, 0.3) is 0 Å². The second-order valence-electron chi connectivity index (χ2n) is 3.12. The van der Waals surface area contributed by atoms with Gasteiger partial charge >= 0.3 is 0 Å². The van der Waals surface area contributed by atoms with Gasteiger partial charge in [-0.3, -0.25) is 0 Å². The molecule has 0 aromatic rings. The van der Waals surface area contributed by atoms with Crippen molar-refractivity contribution in [1.29, 1.82) is 0 Å². The molecular weight excluding hydrogens is 198 g/mol. The zero-order chi connectivity index (χ0) is 10.6. The largest absolute Gasteiger partial charge is 0.382 e. The van der Waals surface area contributed by atoms with Crippen molar-refractivity contribution in [3.05, 3.63) is 0 Å². The Labute approximate surface area is 91.9 Å². The minimum absolute atomic E-state index is 0.621. The standard InChI is InChI=1S/C10H23NO2S/c1-4-10(9-14-3)11-5-6-13-8-7-12-2/h10-11H,4-9H2,1-3H3. The van der Waals surface area contributed by atoms with E-state index >= 15 is 0 Å². The Morgan fingerprint density at radius 3 is 2.64 bits per heavy atom. The highest BCUT2D eigenvalue weighted by Gasteiger charge is 2.02. The summed E-state index contributed by atoms with van der Waals surface area (Å²) in [5.74, 6) is 1.18. The molecule has 0 aliphatic carbocycles. The fourth-order valence-corrected chi connectivity index (χ4v) is 1.86. The first kappa shape index (κ1) is 14.2. The van der Waals surface area contributed by atoms with E-state index in [-0.39, 0.29) is 0 Å². The van der Waals surface area contributed by atoms with Gasteiger partial charge in [-0.1, -0.05) is 6.92 Å². The molecule has 0 fully saturated rings. The molecule has 1 unspecified atom stereocenters. The summed E-state index contributed by atoms with van der Waals surface area (Å²) in [5, 5.41) is 3.46.